The zero-order valence-electron chi connectivity index (χ0n) is 9.00. The number of rotatable bonds is 3. The van der Waals surface area contributed by atoms with Crippen molar-refractivity contribution in [3.05, 3.63) is 0 Å². The van der Waals surface area contributed by atoms with Gasteiger partial charge in [0.05, 0.1) is 13.2 Å². The SMILES string of the molecule is CNC(C1CCCOC1)C1CCOC1. The summed E-state index contributed by atoms with van der Waals surface area (Å²) in [6.07, 6.45) is 3.74. The van der Waals surface area contributed by atoms with Gasteiger partial charge < -0.3 is 14.8 Å². The highest BCUT2D eigenvalue weighted by atomic mass is 16.5. The average Bonchev–Trinajstić information content (AvgIpc) is 2.74. The third-order valence-corrected chi connectivity index (χ3v) is 3.51. The highest BCUT2D eigenvalue weighted by Crippen LogP contribution is 2.26. The maximum Gasteiger partial charge on any atom is 0.0510 e. The van der Waals surface area contributed by atoms with Crippen LogP contribution in [0.1, 0.15) is 19.3 Å². The topological polar surface area (TPSA) is 30.5 Å². The molecule has 82 valence electrons. The minimum Gasteiger partial charge on any atom is -0.381 e. The van der Waals surface area contributed by atoms with Gasteiger partial charge in [-0.2, -0.15) is 0 Å². The van der Waals surface area contributed by atoms with E-state index in [1.807, 2.05) is 0 Å². The molecular formula is C11H21NO2. The second kappa shape index (κ2) is 5.10. The molecule has 2 aliphatic rings. The molecule has 14 heavy (non-hydrogen) atoms. The predicted octanol–water partition coefficient (Wildman–Crippen LogP) is 1.04. The van der Waals surface area contributed by atoms with Crippen LogP contribution in [0.2, 0.25) is 0 Å². The normalized spacial score (nSPS) is 35.8. The molecule has 3 nitrogen and oxygen atoms in total. The summed E-state index contributed by atoms with van der Waals surface area (Å²) in [5, 5.41) is 3.45. The monoisotopic (exact) mass is 199 g/mol. The molecule has 0 aromatic carbocycles. The Bertz CT molecular complexity index is 163. The van der Waals surface area contributed by atoms with E-state index in [4.69, 9.17) is 9.47 Å². The molecule has 1 N–H and O–H groups in total. The highest BCUT2D eigenvalue weighted by molar-refractivity contribution is 4.85. The summed E-state index contributed by atoms with van der Waals surface area (Å²) in [7, 11) is 2.07. The quantitative estimate of drug-likeness (QED) is 0.736. The van der Waals surface area contributed by atoms with E-state index in [-0.39, 0.29) is 0 Å². The van der Waals surface area contributed by atoms with Crippen LogP contribution in [-0.2, 0) is 9.47 Å². The Balaban J connectivity index is 1.89. The van der Waals surface area contributed by atoms with Crippen molar-refractivity contribution < 1.29 is 9.47 Å². The first-order chi connectivity index (χ1) is 6.92. The maximum absolute atomic E-state index is 5.54. The molecule has 3 atom stereocenters. The molecule has 2 saturated heterocycles. The zero-order chi connectivity index (χ0) is 9.80. The number of ether oxygens (including phenoxy) is 2. The molecule has 2 fully saturated rings. The second-order valence-corrected chi connectivity index (χ2v) is 4.42. The third-order valence-electron chi connectivity index (χ3n) is 3.51. The van der Waals surface area contributed by atoms with Crippen LogP contribution in [0.3, 0.4) is 0 Å². The molecule has 0 aromatic heterocycles. The fourth-order valence-corrected chi connectivity index (χ4v) is 2.74. The first-order valence-electron chi connectivity index (χ1n) is 5.74. The predicted molar refractivity (Wildman–Crippen MR) is 55.3 cm³/mol. The smallest absolute Gasteiger partial charge is 0.0510 e. The molecule has 0 amide bonds. The summed E-state index contributed by atoms with van der Waals surface area (Å²) in [4.78, 5) is 0. The number of hydrogen-bond donors (Lipinski definition) is 1. The zero-order valence-corrected chi connectivity index (χ0v) is 9.00. The van der Waals surface area contributed by atoms with E-state index in [1.54, 1.807) is 0 Å². The van der Waals surface area contributed by atoms with Crippen molar-refractivity contribution in [2.75, 3.05) is 33.5 Å². The van der Waals surface area contributed by atoms with Crippen molar-refractivity contribution in [2.24, 2.45) is 11.8 Å². The molecule has 0 aliphatic carbocycles. The van der Waals surface area contributed by atoms with Gasteiger partial charge in [-0.3, -0.25) is 0 Å². The molecule has 0 aromatic rings. The van der Waals surface area contributed by atoms with Crippen LogP contribution in [0.4, 0.5) is 0 Å². The summed E-state index contributed by atoms with van der Waals surface area (Å²) < 4.78 is 11.0. The Morgan fingerprint density at radius 1 is 1.07 bits per heavy atom. The van der Waals surface area contributed by atoms with Crippen molar-refractivity contribution in [1.82, 2.24) is 5.32 Å². The lowest BCUT2D eigenvalue weighted by molar-refractivity contribution is 0.0287. The Morgan fingerprint density at radius 3 is 2.36 bits per heavy atom. The minimum absolute atomic E-state index is 0.595. The van der Waals surface area contributed by atoms with E-state index in [0.29, 0.717) is 17.9 Å². The average molecular weight is 199 g/mol. The molecule has 2 rings (SSSR count). The minimum atomic E-state index is 0.595. The van der Waals surface area contributed by atoms with Gasteiger partial charge in [0, 0.05) is 25.2 Å². The van der Waals surface area contributed by atoms with E-state index in [1.165, 1.54) is 19.3 Å². The second-order valence-electron chi connectivity index (χ2n) is 4.42. The van der Waals surface area contributed by atoms with E-state index in [2.05, 4.69) is 12.4 Å². The standard InChI is InChI=1S/C11H21NO2/c1-12-11(10-4-6-14-8-10)9-3-2-5-13-7-9/h9-12H,2-8H2,1H3. The van der Waals surface area contributed by atoms with Gasteiger partial charge in [0.1, 0.15) is 0 Å². The van der Waals surface area contributed by atoms with Gasteiger partial charge in [0.25, 0.3) is 0 Å². The van der Waals surface area contributed by atoms with Crippen LogP contribution in [-0.4, -0.2) is 39.5 Å². The summed E-state index contributed by atoms with van der Waals surface area (Å²) in [5.41, 5.74) is 0. The van der Waals surface area contributed by atoms with Gasteiger partial charge in [-0.25, -0.2) is 0 Å². The van der Waals surface area contributed by atoms with Gasteiger partial charge in [0.15, 0.2) is 0 Å². The summed E-state index contributed by atoms with van der Waals surface area (Å²) in [6.45, 7) is 3.76. The molecule has 0 radical (unpaired) electrons. The van der Waals surface area contributed by atoms with E-state index in [9.17, 15) is 0 Å². The van der Waals surface area contributed by atoms with Gasteiger partial charge in [-0.05, 0) is 32.2 Å². The fraction of sp³-hybridized carbons (Fsp3) is 1.00. The molecule has 3 heteroatoms. The first-order valence-corrected chi connectivity index (χ1v) is 5.74. The lowest BCUT2D eigenvalue weighted by Crippen LogP contribution is -2.44. The molecule has 0 spiro atoms. The van der Waals surface area contributed by atoms with Gasteiger partial charge in [-0.1, -0.05) is 0 Å². The molecule has 2 aliphatic heterocycles. The van der Waals surface area contributed by atoms with Gasteiger partial charge in [-0.15, -0.1) is 0 Å². The fourth-order valence-electron chi connectivity index (χ4n) is 2.74. The van der Waals surface area contributed by atoms with Crippen LogP contribution in [0.25, 0.3) is 0 Å². The van der Waals surface area contributed by atoms with Crippen LogP contribution in [0.5, 0.6) is 0 Å². The number of hydrogen-bond acceptors (Lipinski definition) is 3. The molecule has 2 heterocycles. The van der Waals surface area contributed by atoms with Crippen LogP contribution < -0.4 is 5.32 Å². The van der Waals surface area contributed by atoms with E-state index >= 15 is 0 Å². The van der Waals surface area contributed by atoms with E-state index in [0.717, 1.165) is 26.4 Å². The highest BCUT2D eigenvalue weighted by Gasteiger charge is 2.31. The van der Waals surface area contributed by atoms with E-state index < -0.39 is 0 Å². The first kappa shape index (κ1) is 10.4. The van der Waals surface area contributed by atoms with Crippen LogP contribution in [0, 0.1) is 11.8 Å². The summed E-state index contributed by atoms with van der Waals surface area (Å²) in [5.74, 6) is 1.40. The summed E-state index contributed by atoms with van der Waals surface area (Å²) >= 11 is 0. The van der Waals surface area contributed by atoms with Crippen molar-refractivity contribution >= 4 is 0 Å². The summed E-state index contributed by atoms with van der Waals surface area (Å²) in [6, 6.07) is 0.595. The van der Waals surface area contributed by atoms with Crippen molar-refractivity contribution in [2.45, 2.75) is 25.3 Å². The Hall–Kier alpha value is -0.120. The van der Waals surface area contributed by atoms with Gasteiger partial charge in [0.2, 0.25) is 0 Å². The molecule has 0 bridgehead atoms. The molecular weight excluding hydrogens is 178 g/mol. The lowest BCUT2D eigenvalue weighted by atomic mass is 9.84. The third kappa shape index (κ3) is 2.27. The van der Waals surface area contributed by atoms with Crippen molar-refractivity contribution in [1.29, 1.82) is 0 Å². The van der Waals surface area contributed by atoms with Crippen molar-refractivity contribution in [3.63, 3.8) is 0 Å². The largest absolute Gasteiger partial charge is 0.381 e. The maximum atomic E-state index is 5.54. The number of nitrogens with one attached hydrogen (secondary N) is 1. The lowest BCUT2D eigenvalue weighted by Gasteiger charge is -2.33. The Morgan fingerprint density at radius 2 is 1.79 bits per heavy atom. The van der Waals surface area contributed by atoms with Gasteiger partial charge >= 0.3 is 0 Å². The molecule has 0 saturated carbocycles. The van der Waals surface area contributed by atoms with Crippen molar-refractivity contribution in [3.8, 4) is 0 Å². The Labute approximate surface area is 86.2 Å². The Kier molecular flexibility index (Phi) is 3.79. The van der Waals surface area contributed by atoms with Crippen LogP contribution >= 0.6 is 0 Å². The molecule has 3 unspecified atom stereocenters. The van der Waals surface area contributed by atoms with Crippen LogP contribution in [0.15, 0.2) is 0 Å².